The number of rotatable bonds is 3. The van der Waals surface area contributed by atoms with Crippen LogP contribution in [0.25, 0.3) is 0 Å². The SMILES string of the molecule is C[Si](C)(C)Oc1cccc(C2CCCNC2)c1F. The Bertz CT molecular complexity index is 411. The predicted octanol–water partition coefficient (Wildman–Crippen LogP) is 3.51. The average Bonchev–Trinajstić information content (AvgIpc) is 2.31. The zero-order valence-corrected chi connectivity index (χ0v) is 12.4. The van der Waals surface area contributed by atoms with E-state index in [9.17, 15) is 4.39 Å². The molecule has 0 radical (unpaired) electrons. The summed E-state index contributed by atoms with van der Waals surface area (Å²) < 4.78 is 20.3. The molecule has 1 aromatic rings. The normalized spacial score (nSPS) is 20.8. The van der Waals surface area contributed by atoms with Gasteiger partial charge in [0.25, 0.3) is 0 Å². The van der Waals surface area contributed by atoms with E-state index >= 15 is 0 Å². The molecule has 18 heavy (non-hydrogen) atoms. The number of halogens is 1. The summed E-state index contributed by atoms with van der Waals surface area (Å²) in [6, 6.07) is 5.54. The van der Waals surface area contributed by atoms with Crippen molar-refractivity contribution in [2.45, 2.75) is 38.4 Å². The molecular weight excluding hydrogens is 245 g/mol. The molecule has 1 heterocycles. The molecule has 2 rings (SSSR count). The zero-order valence-electron chi connectivity index (χ0n) is 11.4. The van der Waals surface area contributed by atoms with Crippen LogP contribution in [0.3, 0.4) is 0 Å². The first-order chi connectivity index (χ1) is 8.47. The van der Waals surface area contributed by atoms with Crippen LogP contribution in [0, 0.1) is 5.82 Å². The molecular formula is C14H22FNOSi. The minimum atomic E-state index is -1.76. The lowest BCUT2D eigenvalue weighted by Crippen LogP contribution is -2.31. The van der Waals surface area contributed by atoms with Crippen LogP contribution in [-0.4, -0.2) is 21.4 Å². The van der Waals surface area contributed by atoms with Gasteiger partial charge in [-0.3, -0.25) is 0 Å². The maximum absolute atomic E-state index is 14.5. The van der Waals surface area contributed by atoms with E-state index in [2.05, 4.69) is 25.0 Å². The monoisotopic (exact) mass is 267 g/mol. The molecule has 0 amide bonds. The molecule has 1 aliphatic heterocycles. The van der Waals surface area contributed by atoms with Gasteiger partial charge in [0.1, 0.15) is 5.75 Å². The number of hydrogen-bond acceptors (Lipinski definition) is 2. The molecule has 0 spiro atoms. The molecule has 1 aliphatic rings. The molecule has 4 heteroatoms. The van der Waals surface area contributed by atoms with Gasteiger partial charge in [0.15, 0.2) is 5.82 Å². The third-order valence-electron chi connectivity index (χ3n) is 3.15. The molecule has 2 nitrogen and oxygen atoms in total. The van der Waals surface area contributed by atoms with Crippen molar-refractivity contribution < 1.29 is 8.82 Å². The number of benzene rings is 1. The van der Waals surface area contributed by atoms with Gasteiger partial charge in [-0.25, -0.2) is 4.39 Å². The highest BCUT2D eigenvalue weighted by Crippen LogP contribution is 2.31. The van der Waals surface area contributed by atoms with Gasteiger partial charge in [-0.05, 0) is 56.6 Å². The van der Waals surface area contributed by atoms with Crippen LogP contribution in [-0.2, 0) is 0 Å². The van der Waals surface area contributed by atoms with Crippen molar-refractivity contribution in [3.63, 3.8) is 0 Å². The highest BCUT2D eigenvalue weighted by atomic mass is 28.4. The number of hydrogen-bond donors (Lipinski definition) is 1. The fraction of sp³-hybridized carbons (Fsp3) is 0.571. The topological polar surface area (TPSA) is 21.3 Å². The highest BCUT2D eigenvalue weighted by Gasteiger charge is 2.23. The second kappa shape index (κ2) is 5.41. The lowest BCUT2D eigenvalue weighted by atomic mass is 9.91. The fourth-order valence-corrected chi connectivity index (χ4v) is 3.19. The maximum Gasteiger partial charge on any atom is 0.242 e. The van der Waals surface area contributed by atoms with Crippen LogP contribution in [0.4, 0.5) is 4.39 Å². The molecule has 1 atom stereocenters. The standard InChI is InChI=1S/C14H22FNOSi/c1-18(2,3)17-13-8-4-7-12(14(13)15)11-6-5-9-16-10-11/h4,7-8,11,16H,5-6,9-10H2,1-3H3. The molecule has 1 aromatic carbocycles. The molecule has 1 saturated heterocycles. The van der Waals surface area contributed by atoms with Gasteiger partial charge in [0, 0.05) is 6.54 Å². The van der Waals surface area contributed by atoms with Crippen molar-refractivity contribution >= 4 is 8.32 Å². The van der Waals surface area contributed by atoms with Gasteiger partial charge < -0.3 is 9.74 Å². The van der Waals surface area contributed by atoms with Crippen molar-refractivity contribution in [2.75, 3.05) is 13.1 Å². The maximum atomic E-state index is 14.5. The Hall–Kier alpha value is -0.873. The molecule has 0 bridgehead atoms. The van der Waals surface area contributed by atoms with Crippen LogP contribution in [0.5, 0.6) is 5.75 Å². The Labute approximate surface area is 110 Å². The van der Waals surface area contributed by atoms with Crippen LogP contribution in [0.2, 0.25) is 19.6 Å². The summed E-state index contributed by atoms with van der Waals surface area (Å²) in [4.78, 5) is 0. The summed E-state index contributed by atoms with van der Waals surface area (Å²) in [6.07, 6.45) is 2.17. The van der Waals surface area contributed by atoms with Gasteiger partial charge in [-0.2, -0.15) is 0 Å². The molecule has 1 fully saturated rings. The third-order valence-corrected chi connectivity index (χ3v) is 3.98. The summed E-state index contributed by atoms with van der Waals surface area (Å²) in [5.74, 6) is 0.551. The van der Waals surface area contributed by atoms with Crippen molar-refractivity contribution in [2.24, 2.45) is 0 Å². The Kier molecular flexibility index (Phi) is 4.07. The Morgan fingerprint density at radius 2 is 2.11 bits per heavy atom. The van der Waals surface area contributed by atoms with Crippen LogP contribution < -0.4 is 9.74 Å². The predicted molar refractivity (Wildman–Crippen MR) is 75.2 cm³/mol. The van der Waals surface area contributed by atoms with Gasteiger partial charge in [-0.1, -0.05) is 12.1 Å². The number of nitrogens with one attached hydrogen (secondary N) is 1. The molecule has 1 unspecified atom stereocenters. The second-order valence-corrected chi connectivity index (χ2v) is 10.3. The van der Waals surface area contributed by atoms with E-state index in [0.717, 1.165) is 31.5 Å². The Morgan fingerprint density at radius 3 is 2.72 bits per heavy atom. The second-order valence-electron chi connectivity index (χ2n) is 5.92. The molecule has 0 aromatic heterocycles. The smallest absolute Gasteiger partial charge is 0.242 e. The quantitative estimate of drug-likeness (QED) is 0.846. The van der Waals surface area contributed by atoms with Gasteiger partial charge in [0.05, 0.1) is 0 Å². The van der Waals surface area contributed by atoms with Crippen LogP contribution >= 0.6 is 0 Å². The summed E-state index contributed by atoms with van der Waals surface area (Å²) in [7, 11) is -1.76. The lowest BCUT2D eigenvalue weighted by molar-refractivity contribution is 0.433. The van der Waals surface area contributed by atoms with Crippen LogP contribution in [0.15, 0.2) is 18.2 Å². The van der Waals surface area contributed by atoms with Gasteiger partial charge >= 0.3 is 0 Å². The summed E-state index contributed by atoms with van der Waals surface area (Å²) in [6.45, 7) is 8.13. The largest absolute Gasteiger partial charge is 0.542 e. The van der Waals surface area contributed by atoms with Gasteiger partial charge in [-0.15, -0.1) is 0 Å². The summed E-state index contributed by atoms with van der Waals surface area (Å²) >= 11 is 0. The Balaban J connectivity index is 2.23. The van der Waals surface area contributed by atoms with Gasteiger partial charge in [0.2, 0.25) is 8.32 Å². The minimum Gasteiger partial charge on any atom is -0.542 e. The van der Waals surface area contributed by atoms with E-state index in [1.165, 1.54) is 0 Å². The summed E-state index contributed by atoms with van der Waals surface area (Å²) in [5, 5.41) is 3.33. The van der Waals surface area contributed by atoms with E-state index < -0.39 is 8.32 Å². The van der Waals surface area contributed by atoms with E-state index in [0.29, 0.717) is 5.75 Å². The zero-order chi connectivity index (χ0) is 13.2. The highest BCUT2D eigenvalue weighted by molar-refractivity contribution is 6.70. The number of piperidine rings is 1. The lowest BCUT2D eigenvalue weighted by Gasteiger charge is -2.25. The van der Waals surface area contributed by atoms with Crippen molar-refractivity contribution in [3.05, 3.63) is 29.6 Å². The Morgan fingerprint density at radius 1 is 1.33 bits per heavy atom. The van der Waals surface area contributed by atoms with Crippen LogP contribution in [0.1, 0.15) is 24.3 Å². The molecule has 0 aliphatic carbocycles. The average molecular weight is 267 g/mol. The van der Waals surface area contributed by atoms with E-state index in [-0.39, 0.29) is 11.7 Å². The first kappa shape index (κ1) is 13.6. The summed E-state index contributed by atoms with van der Waals surface area (Å²) in [5.41, 5.74) is 0.804. The third kappa shape index (κ3) is 3.33. The van der Waals surface area contributed by atoms with E-state index in [4.69, 9.17) is 4.43 Å². The first-order valence-corrected chi connectivity index (χ1v) is 10.1. The fourth-order valence-electron chi connectivity index (χ4n) is 2.37. The molecule has 1 N–H and O–H groups in total. The minimum absolute atomic E-state index is 0.159. The van der Waals surface area contributed by atoms with E-state index in [1.807, 2.05) is 12.1 Å². The van der Waals surface area contributed by atoms with Crippen molar-refractivity contribution in [3.8, 4) is 5.75 Å². The van der Waals surface area contributed by atoms with E-state index in [1.54, 1.807) is 6.07 Å². The molecule has 100 valence electrons. The van der Waals surface area contributed by atoms with Crippen molar-refractivity contribution in [1.82, 2.24) is 5.32 Å². The first-order valence-electron chi connectivity index (χ1n) is 6.65. The molecule has 0 saturated carbocycles. The van der Waals surface area contributed by atoms with Crippen molar-refractivity contribution in [1.29, 1.82) is 0 Å².